The second kappa shape index (κ2) is 3.32. The van der Waals surface area contributed by atoms with Crippen LogP contribution in [0, 0.1) is 0 Å². The molecule has 5 N–H and O–H groups in total. The molecule has 0 spiro atoms. The van der Waals surface area contributed by atoms with Crippen LogP contribution < -0.4 is 5.73 Å². The van der Waals surface area contributed by atoms with Crippen LogP contribution in [0.5, 0.6) is 11.5 Å². The molecule has 1 rings (SSSR count). The van der Waals surface area contributed by atoms with Gasteiger partial charge in [0, 0.05) is 5.56 Å². The van der Waals surface area contributed by atoms with Crippen molar-refractivity contribution in [2.75, 3.05) is 0 Å². The molecule has 0 radical (unpaired) electrons. The van der Waals surface area contributed by atoms with E-state index in [-0.39, 0.29) is 5.56 Å². The first-order chi connectivity index (χ1) is 6.04. The van der Waals surface area contributed by atoms with Crippen LogP contribution in [0.3, 0.4) is 0 Å². The number of hydrogen-bond acceptors (Lipinski definition) is 4. The topological polar surface area (TPSA) is 104 Å². The monoisotopic (exact) mass is 183 g/mol. The molecule has 0 fully saturated rings. The van der Waals surface area contributed by atoms with Gasteiger partial charge in [0.1, 0.15) is 0 Å². The summed E-state index contributed by atoms with van der Waals surface area (Å²) in [4.78, 5) is 10.5. The molecule has 13 heavy (non-hydrogen) atoms. The zero-order valence-corrected chi connectivity index (χ0v) is 6.64. The molecule has 1 aromatic rings. The number of rotatable bonds is 2. The van der Waals surface area contributed by atoms with Gasteiger partial charge in [0.05, 0.1) is 0 Å². The highest BCUT2D eigenvalue weighted by atomic mass is 16.3. The zero-order valence-electron chi connectivity index (χ0n) is 6.64. The average Bonchev–Trinajstić information content (AvgIpc) is 2.08. The van der Waals surface area contributed by atoms with Crippen molar-refractivity contribution in [2.45, 2.75) is 6.10 Å². The first kappa shape index (κ1) is 9.34. The number of amides is 1. The highest BCUT2D eigenvalue weighted by molar-refractivity contribution is 5.81. The van der Waals surface area contributed by atoms with Crippen molar-refractivity contribution in [3.63, 3.8) is 0 Å². The summed E-state index contributed by atoms with van der Waals surface area (Å²) in [5, 5.41) is 27.4. The average molecular weight is 183 g/mol. The van der Waals surface area contributed by atoms with Crippen LogP contribution in [-0.2, 0) is 4.79 Å². The summed E-state index contributed by atoms with van der Waals surface area (Å²) in [6.07, 6.45) is -1.60. The summed E-state index contributed by atoms with van der Waals surface area (Å²) >= 11 is 0. The fourth-order valence-corrected chi connectivity index (χ4v) is 0.923. The largest absolute Gasteiger partial charge is 0.504 e. The van der Waals surface area contributed by atoms with Gasteiger partial charge >= 0.3 is 0 Å². The Morgan fingerprint density at radius 1 is 1.38 bits per heavy atom. The van der Waals surface area contributed by atoms with Crippen molar-refractivity contribution >= 4 is 5.91 Å². The van der Waals surface area contributed by atoms with Crippen molar-refractivity contribution in [1.29, 1.82) is 0 Å². The molecular formula is C8H9NO4. The molecule has 0 bridgehead atoms. The summed E-state index contributed by atoms with van der Waals surface area (Å²) in [5.74, 6) is -1.92. The van der Waals surface area contributed by atoms with Crippen LogP contribution in [-0.4, -0.2) is 21.2 Å². The van der Waals surface area contributed by atoms with Gasteiger partial charge in [0.2, 0.25) is 0 Å². The summed E-state index contributed by atoms with van der Waals surface area (Å²) in [5.41, 5.74) is 4.70. The molecule has 5 heteroatoms. The molecule has 0 heterocycles. The fraction of sp³-hybridized carbons (Fsp3) is 0.125. The highest BCUT2D eigenvalue weighted by Gasteiger charge is 2.19. The van der Waals surface area contributed by atoms with Gasteiger partial charge in [-0.15, -0.1) is 0 Å². The van der Waals surface area contributed by atoms with Crippen LogP contribution in [0.2, 0.25) is 0 Å². The number of phenols is 2. The number of phenolic OH excluding ortho intramolecular Hbond substituents is 2. The summed E-state index contributed by atoms with van der Waals surface area (Å²) in [7, 11) is 0. The first-order valence-corrected chi connectivity index (χ1v) is 3.52. The Bertz CT molecular complexity index is 337. The molecule has 0 saturated carbocycles. The Hall–Kier alpha value is -1.75. The molecule has 5 nitrogen and oxygen atoms in total. The van der Waals surface area contributed by atoms with Gasteiger partial charge < -0.3 is 21.1 Å². The number of benzene rings is 1. The molecular weight excluding hydrogens is 174 g/mol. The maximum absolute atomic E-state index is 10.5. The van der Waals surface area contributed by atoms with Crippen LogP contribution in [0.15, 0.2) is 18.2 Å². The van der Waals surface area contributed by atoms with E-state index in [1.165, 1.54) is 18.2 Å². The maximum atomic E-state index is 10.5. The van der Waals surface area contributed by atoms with Crippen LogP contribution in [0.1, 0.15) is 11.7 Å². The lowest BCUT2D eigenvalue weighted by Gasteiger charge is -2.09. The molecule has 0 aliphatic rings. The van der Waals surface area contributed by atoms with Crippen LogP contribution in [0.4, 0.5) is 0 Å². The summed E-state index contributed by atoms with van der Waals surface area (Å²) in [6, 6.07) is 3.91. The lowest BCUT2D eigenvalue weighted by molar-refractivity contribution is -0.126. The van der Waals surface area contributed by atoms with Crippen molar-refractivity contribution in [1.82, 2.24) is 0 Å². The van der Waals surface area contributed by atoms with Gasteiger partial charge in [-0.05, 0) is 6.07 Å². The Morgan fingerprint density at radius 2 is 2.00 bits per heavy atom. The van der Waals surface area contributed by atoms with E-state index < -0.39 is 23.5 Å². The van der Waals surface area contributed by atoms with E-state index in [1.54, 1.807) is 0 Å². The third-order valence-corrected chi connectivity index (χ3v) is 1.61. The maximum Gasteiger partial charge on any atom is 0.251 e. The van der Waals surface area contributed by atoms with E-state index in [1.807, 2.05) is 0 Å². The van der Waals surface area contributed by atoms with E-state index >= 15 is 0 Å². The lowest BCUT2D eigenvalue weighted by Crippen LogP contribution is -2.20. The van der Waals surface area contributed by atoms with Gasteiger partial charge in [-0.3, -0.25) is 4.79 Å². The standard InChI is InChI=1S/C8H9NO4/c9-8(13)7(12)4-2-1-3-5(10)6(4)11/h1-3,7,10-12H,(H2,9,13). The SMILES string of the molecule is NC(=O)C(O)c1cccc(O)c1O. The summed E-state index contributed by atoms with van der Waals surface area (Å²) < 4.78 is 0. The lowest BCUT2D eigenvalue weighted by atomic mass is 10.1. The van der Waals surface area contributed by atoms with E-state index in [0.29, 0.717) is 0 Å². The molecule has 0 aliphatic carbocycles. The van der Waals surface area contributed by atoms with E-state index in [2.05, 4.69) is 0 Å². The Labute approximate surface area is 74.0 Å². The van der Waals surface area contributed by atoms with Crippen molar-refractivity contribution < 1.29 is 20.1 Å². The van der Waals surface area contributed by atoms with Gasteiger partial charge in [-0.1, -0.05) is 12.1 Å². The summed E-state index contributed by atoms with van der Waals surface area (Å²) in [6.45, 7) is 0. The number of para-hydroxylation sites is 1. The number of nitrogens with two attached hydrogens (primary N) is 1. The van der Waals surface area contributed by atoms with Gasteiger partial charge in [-0.2, -0.15) is 0 Å². The quantitative estimate of drug-likeness (QED) is 0.469. The van der Waals surface area contributed by atoms with Crippen LogP contribution >= 0.6 is 0 Å². The third kappa shape index (κ3) is 1.70. The Balaban J connectivity index is 3.15. The van der Waals surface area contributed by atoms with E-state index in [9.17, 15) is 9.90 Å². The number of aliphatic hydroxyl groups is 1. The number of hydrogen-bond donors (Lipinski definition) is 4. The van der Waals surface area contributed by atoms with Crippen molar-refractivity contribution in [2.24, 2.45) is 5.73 Å². The molecule has 0 aliphatic heterocycles. The molecule has 1 aromatic carbocycles. The normalized spacial score (nSPS) is 12.4. The second-order valence-electron chi connectivity index (χ2n) is 2.52. The molecule has 1 atom stereocenters. The molecule has 1 unspecified atom stereocenters. The number of primary amides is 1. The zero-order chi connectivity index (χ0) is 10.0. The minimum Gasteiger partial charge on any atom is -0.504 e. The number of carbonyl (C=O) groups is 1. The van der Waals surface area contributed by atoms with Gasteiger partial charge in [0.25, 0.3) is 5.91 Å². The fourth-order valence-electron chi connectivity index (χ4n) is 0.923. The predicted octanol–water partition coefficient (Wildman–Crippen LogP) is -0.384. The van der Waals surface area contributed by atoms with Gasteiger partial charge in [-0.25, -0.2) is 0 Å². The predicted molar refractivity (Wildman–Crippen MR) is 43.9 cm³/mol. The van der Waals surface area contributed by atoms with Gasteiger partial charge in [0.15, 0.2) is 17.6 Å². The number of aromatic hydroxyl groups is 2. The van der Waals surface area contributed by atoms with E-state index in [4.69, 9.17) is 15.9 Å². The number of carbonyl (C=O) groups excluding carboxylic acids is 1. The Kier molecular flexibility index (Phi) is 2.39. The number of aliphatic hydroxyl groups excluding tert-OH is 1. The molecule has 0 saturated heterocycles. The molecule has 1 amide bonds. The second-order valence-corrected chi connectivity index (χ2v) is 2.52. The molecule has 70 valence electrons. The van der Waals surface area contributed by atoms with Crippen LogP contribution in [0.25, 0.3) is 0 Å². The first-order valence-electron chi connectivity index (χ1n) is 3.52. The minimum absolute atomic E-state index is 0.104. The highest BCUT2D eigenvalue weighted by Crippen LogP contribution is 2.32. The smallest absolute Gasteiger partial charge is 0.251 e. The Morgan fingerprint density at radius 3 is 2.54 bits per heavy atom. The molecule has 0 aromatic heterocycles. The minimum atomic E-state index is -1.60. The van der Waals surface area contributed by atoms with Crippen molar-refractivity contribution in [3.8, 4) is 11.5 Å². The van der Waals surface area contributed by atoms with Crippen molar-refractivity contribution in [3.05, 3.63) is 23.8 Å². The van der Waals surface area contributed by atoms with E-state index in [0.717, 1.165) is 0 Å². The third-order valence-electron chi connectivity index (χ3n) is 1.61.